The van der Waals surface area contributed by atoms with Crippen molar-refractivity contribution in [2.24, 2.45) is 5.92 Å². The number of amides is 2. The first kappa shape index (κ1) is 26.3. The second-order valence-corrected chi connectivity index (χ2v) is 10.6. The Labute approximate surface area is 213 Å². The largest absolute Gasteiger partial charge is 0.386 e. The molecule has 2 unspecified atom stereocenters. The monoisotopic (exact) mass is 495 g/mol. The van der Waals surface area contributed by atoms with Gasteiger partial charge < -0.3 is 15.7 Å². The summed E-state index contributed by atoms with van der Waals surface area (Å²) in [4.78, 5) is 26.7. The molecule has 194 valence electrons. The number of anilines is 1. The molecule has 36 heavy (non-hydrogen) atoms. The number of hydrogen-bond acceptors (Lipinski definition) is 4. The molecule has 4 rings (SSSR count). The number of piperidine rings is 1. The van der Waals surface area contributed by atoms with Gasteiger partial charge in [0.1, 0.15) is 5.82 Å². The molecule has 1 saturated carbocycles. The highest BCUT2D eigenvalue weighted by atomic mass is 19.1. The quantitative estimate of drug-likeness (QED) is 0.432. The summed E-state index contributed by atoms with van der Waals surface area (Å²) in [6.07, 6.45) is 6.02. The lowest BCUT2D eigenvalue weighted by Gasteiger charge is -2.44. The van der Waals surface area contributed by atoms with E-state index in [4.69, 9.17) is 0 Å². The molecule has 2 amide bonds. The Balaban J connectivity index is 1.38. The molecule has 1 aliphatic carbocycles. The predicted octanol–water partition coefficient (Wildman–Crippen LogP) is 5.34. The number of β-amino-alcohol motifs (C(OH)–C–C–N with tert-alkyl or cyclic N) is 1. The van der Waals surface area contributed by atoms with Gasteiger partial charge in [0.25, 0.3) is 0 Å². The van der Waals surface area contributed by atoms with Crippen molar-refractivity contribution in [2.45, 2.75) is 69.9 Å². The smallest absolute Gasteiger partial charge is 0.319 e. The van der Waals surface area contributed by atoms with Crippen LogP contribution in [0, 0.1) is 11.7 Å². The lowest BCUT2D eigenvalue weighted by atomic mass is 9.82. The molecule has 2 aromatic carbocycles. The van der Waals surface area contributed by atoms with E-state index in [9.17, 15) is 19.1 Å². The first-order valence-electron chi connectivity index (χ1n) is 13.1. The first-order chi connectivity index (χ1) is 17.2. The van der Waals surface area contributed by atoms with Gasteiger partial charge in [-0.05, 0) is 87.7 Å². The van der Waals surface area contributed by atoms with Crippen LogP contribution >= 0.6 is 0 Å². The number of nitrogens with one attached hydrogen (secondary N) is 2. The van der Waals surface area contributed by atoms with E-state index in [2.05, 4.69) is 22.5 Å². The number of ketones is 1. The first-order valence-corrected chi connectivity index (χ1v) is 13.1. The van der Waals surface area contributed by atoms with E-state index in [0.29, 0.717) is 23.7 Å². The molecule has 0 aromatic heterocycles. The van der Waals surface area contributed by atoms with Gasteiger partial charge in [-0.2, -0.15) is 0 Å². The van der Waals surface area contributed by atoms with Crippen molar-refractivity contribution in [3.8, 4) is 0 Å². The molecule has 1 aliphatic heterocycles. The van der Waals surface area contributed by atoms with E-state index in [1.807, 2.05) is 12.1 Å². The van der Waals surface area contributed by atoms with Crippen LogP contribution in [-0.4, -0.2) is 53.1 Å². The number of rotatable bonds is 8. The predicted molar refractivity (Wildman–Crippen MR) is 140 cm³/mol. The fraction of sp³-hybridized carbons (Fsp3) is 0.517. The van der Waals surface area contributed by atoms with Crippen molar-refractivity contribution in [3.63, 3.8) is 0 Å². The Bertz CT molecular complexity index is 1050. The molecule has 2 aliphatic rings. The van der Waals surface area contributed by atoms with Gasteiger partial charge in [0.2, 0.25) is 0 Å². The van der Waals surface area contributed by atoms with E-state index >= 15 is 0 Å². The van der Waals surface area contributed by atoms with Crippen LogP contribution in [0.4, 0.5) is 14.9 Å². The van der Waals surface area contributed by atoms with Gasteiger partial charge >= 0.3 is 6.03 Å². The average molecular weight is 496 g/mol. The highest BCUT2D eigenvalue weighted by Gasteiger charge is 2.42. The standard InChI is InChI=1S/C29H38FN3O3/c1-20-16-24(22-10-12-26(30)13-11-22)14-15-33(20)19-29(36,25-7-3-4-8-25)18-31-28(35)32-27-9-5-6-23(17-27)21(2)34/h5-6,9-13,17,20,24-25,36H,3-4,7-8,14-16,18-19H2,1-2H3,(H2,31,32,35)/t20?,24?,29-/m1/s1. The van der Waals surface area contributed by atoms with E-state index in [1.165, 1.54) is 24.6 Å². The highest BCUT2D eigenvalue weighted by Crippen LogP contribution is 2.37. The highest BCUT2D eigenvalue weighted by molar-refractivity contribution is 5.96. The number of likely N-dealkylation sites (tertiary alicyclic amines) is 1. The van der Waals surface area contributed by atoms with Gasteiger partial charge in [-0.3, -0.25) is 9.69 Å². The third-order valence-corrected chi connectivity index (χ3v) is 8.03. The number of benzene rings is 2. The van der Waals surface area contributed by atoms with Crippen LogP contribution in [-0.2, 0) is 0 Å². The maximum Gasteiger partial charge on any atom is 0.319 e. The molecule has 0 spiro atoms. The minimum atomic E-state index is -1.02. The van der Waals surface area contributed by atoms with Crippen LogP contribution in [0.3, 0.4) is 0 Å². The van der Waals surface area contributed by atoms with Crippen molar-refractivity contribution < 1.29 is 19.1 Å². The fourth-order valence-corrected chi connectivity index (χ4v) is 5.86. The SMILES string of the molecule is CC(=O)c1cccc(NC(=O)NC[C@@](O)(CN2CCC(c3ccc(F)cc3)CC2C)C2CCCC2)c1. The van der Waals surface area contributed by atoms with Gasteiger partial charge in [0, 0.05) is 30.4 Å². The molecule has 1 heterocycles. The number of carbonyl (C=O) groups excluding carboxylic acids is 2. The topological polar surface area (TPSA) is 81.7 Å². The van der Waals surface area contributed by atoms with E-state index in [0.717, 1.165) is 45.1 Å². The minimum absolute atomic E-state index is 0.0630. The van der Waals surface area contributed by atoms with Gasteiger partial charge in [0.15, 0.2) is 5.78 Å². The molecule has 6 nitrogen and oxygen atoms in total. The molecule has 1 saturated heterocycles. The maximum absolute atomic E-state index is 13.3. The summed E-state index contributed by atoms with van der Waals surface area (Å²) in [6, 6.07) is 13.5. The fourth-order valence-electron chi connectivity index (χ4n) is 5.86. The summed E-state index contributed by atoms with van der Waals surface area (Å²) in [5, 5.41) is 17.5. The Morgan fingerprint density at radius 1 is 1.11 bits per heavy atom. The van der Waals surface area contributed by atoms with Gasteiger partial charge in [-0.15, -0.1) is 0 Å². The molecule has 0 bridgehead atoms. The summed E-state index contributed by atoms with van der Waals surface area (Å²) < 4.78 is 13.3. The zero-order valence-electron chi connectivity index (χ0n) is 21.3. The van der Waals surface area contributed by atoms with Crippen molar-refractivity contribution in [1.29, 1.82) is 0 Å². The van der Waals surface area contributed by atoms with E-state index in [1.54, 1.807) is 24.3 Å². The normalized spacial score (nSPS) is 22.7. The van der Waals surface area contributed by atoms with E-state index < -0.39 is 11.6 Å². The maximum atomic E-state index is 13.3. The van der Waals surface area contributed by atoms with Crippen LogP contribution in [0.2, 0.25) is 0 Å². The third kappa shape index (κ3) is 6.51. The van der Waals surface area contributed by atoms with Crippen LogP contribution in [0.15, 0.2) is 48.5 Å². The Morgan fingerprint density at radius 2 is 1.83 bits per heavy atom. The molecule has 3 N–H and O–H groups in total. The second-order valence-electron chi connectivity index (χ2n) is 10.6. The lowest BCUT2D eigenvalue weighted by molar-refractivity contribution is -0.0544. The molecule has 2 aromatic rings. The number of halogens is 1. The molecule has 7 heteroatoms. The van der Waals surface area contributed by atoms with Crippen molar-refractivity contribution in [2.75, 3.05) is 25.0 Å². The van der Waals surface area contributed by atoms with Crippen molar-refractivity contribution in [1.82, 2.24) is 10.2 Å². The minimum Gasteiger partial charge on any atom is -0.386 e. The van der Waals surface area contributed by atoms with Crippen LogP contribution < -0.4 is 10.6 Å². The van der Waals surface area contributed by atoms with Gasteiger partial charge in [-0.25, -0.2) is 9.18 Å². The summed E-state index contributed by atoms with van der Waals surface area (Å²) in [5.41, 5.74) is 1.22. The molecule has 0 radical (unpaired) electrons. The summed E-state index contributed by atoms with van der Waals surface area (Å²) in [6.45, 7) is 5.20. The number of urea groups is 1. The zero-order chi connectivity index (χ0) is 25.7. The Kier molecular flexibility index (Phi) is 8.42. The van der Waals surface area contributed by atoms with Gasteiger partial charge in [-0.1, -0.05) is 37.1 Å². The number of nitrogens with zero attached hydrogens (tertiary/aromatic N) is 1. The summed E-state index contributed by atoms with van der Waals surface area (Å²) in [7, 11) is 0. The summed E-state index contributed by atoms with van der Waals surface area (Å²) >= 11 is 0. The van der Waals surface area contributed by atoms with Crippen molar-refractivity contribution >= 4 is 17.5 Å². The van der Waals surface area contributed by atoms with E-state index in [-0.39, 0.29) is 30.1 Å². The molecule has 2 fully saturated rings. The zero-order valence-corrected chi connectivity index (χ0v) is 21.3. The summed E-state index contributed by atoms with van der Waals surface area (Å²) in [5.74, 6) is 0.243. The van der Waals surface area contributed by atoms with Crippen molar-refractivity contribution in [3.05, 3.63) is 65.5 Å². The number of carbonyl (C=O) groups is 2. The molecular weight excluding hydrogens is 457 g/mol. The number of Topliss-reactive ketones (excluding diaryl/α,β-unsaturated/α-hetero) is 1. The lowest BCUT2D eigenvalue weighted by Crippen LogP contribution is -2.57. The second kappa shape index (κ2) is 11.5. The van der Waals surface area contributed by atoms with Crippen LogP contribution in [0.25, 0.3) is 0 Å². The van der Waals surface area contributed by atoms with Gasteiger partial charge in [0.05, 0.1) is 5.60 Å². The van der Waals surface area contributed by atoms with Crippen LogP contribution in [0.1, 0.15) is 74.2 Å². The average Bonchev–Trinajstić information content (AvgIpc) is 3.41. The van der Waals surface area contributed by atoms with Crippen LogP contribution in [0.5, 0.6) is 0 Å². The molecular formula is C29H38FN3O3. The Hall–Kier alpha value is -2.77. The number of hydrogen-bond donors (Lipinski definition) is 3. The Morgan fingerprint density at radius 3 is 2.50 bits per heavy atom. The third-order valence-electron chi connectivity index (χ3n) is 8.03. The number of aliphatic hydroxyl groups is 1. The molecule has 3 atom stereocenters.